The molecule has 2 nitrogen and oxygen atoms in total. The lowest BCUT2D eigenvalue weighted by Gasteiger charge is -2.18. The zero-order chi connectivity index (χ0) is 6.10. The SMILES string of the molecule is C1=NCN2CCCC2=C1. The van der Waals surface area contributed by atoms with Crippen molar-refractivity contribution in [2.45, 2.75) is 12.8 Å². The van der Waals surface area contributed by atoms with Crippen LogP contribution in [0.5, 0.6) is 0 Å². The van der Waals surface area contributed by atoms with Gasteiger partial charge in [-0.1, -0.05) is 0 Å². The Bertz CT molecular complexity index is 170. The second-order valence-electron chi connectivity index (χ2n) is 2.50. The molecule has 0 unspecified atom stereocenters. The zero-order valence-corrected chi connectivity index (χ0v) is 5.38. The average molecular weight is 122 g/mol. The Kier molecular flexibility index (Phi) is 1.04. The van der Waals surface area contributed by atoms with Gasteiger partial charge in [-0.15, -0.1) is 0 Å². The van der Waals surface area contributed by atoms with Crippen molar-refractivity contribution in [2.24, 2.45) is 4.99 Å². The van der Waals surface area contributed by atoms with Gasteiger partial charge in [0, 0.05) is 18.5 Å². The van der Waals surface area contributed by atoms with Crippen LogP contribution in [0.2, 0.25) is 0 Å². The Morgan fingerprint density at radius 1 is 1.56 bits per heavy atom. The minimum Gasteiger partial charge on any atom is -0.356 e. The molecule has 0 N–H and O–H groups in total. The van der Waals surface area contributed by atoms with Crippen molar-refractivity contribution in [1.82, 2.24) is 4.90 Å². The van der Waals surface area contributed by atoms with Crippen molar-refractivity contribution in [3.8, 4) is 0 Å². The molecule has 2 heteroatoms. The van der Waals surface area contributed by atoms with Gasteiger partial charge >= 0.3 is 0 Å². The maximum Gasteiger partial charge on any atom is 0.109 e. The Balaban J connectivity index is 2.23. The van der Waals surface area contributed by atoms with Crippen LogP contribution in [0.25, 0.3) is 0 Å². The summed E-state index contributed by atoms with van der Waals surface area (Å²) in [7, 11) is 0. The Hall–Kier alpha value is -0.790. The molecular formula is C7H10N2. The first-order chi connectivity index (χ1) is 4.47. The van der Waals surface area contributed by atoms with E-state index in [1.807, 2.05) is 6.21 Å². The molecule has 2 rings (SSSR count). The third kappa shape index (κ3) is 0.745. The highest BCUT2D eigenvalue weighted by Crippen LogP contribution is 2.21. The van der Waals surface area contributed by atoms with Gasteiger partial charge in [-0.05, 0) is 18.9 Å². The summed E-state index contributed by atoms with van der Waals surface area (Å²) in [5, 5.41) is 0. The summed E-state index contributed by atoms with van der Waals surface area (Å²) in [5.41, 5.74) is 1.48. The number of fused-ring (bicyclic) bond motifs is 1. The standard InChI is InChI=1S/C7H10N2/c1-2-7-3-4-8-6-9(7)5-1/h3-4H,1-2,5-6H2. The molecule has 9 heavy (non-hydrogen) atoms. The Morgan fingerprint density at radius 3 is 3.44 bits per heavy atom. The fourth-order valence-corrected chi connectivity index (χ4v) is 1.39. The van der Waals surface area contributed by atoms with Crippen LogP contribution in [0.1, 0.15) is 12.8 Å². The molecule has 0 spiro atoms. The summed E-state index contributed by atoms with van der Waals surface area (Å²) in [6.07, 6.45) is 6.61. The number of nitrogens with zero attached hydrogens (tertiary/aromatic N) is 2. The van der Waals surface area contributed by atoms with Crippen molar-refractivity contribution in [3.63, 3.8) is 0 Å². The van der Waals surface area contributed by atoms with Crippen molar-refractivity contribution >= 4 is 6.21 Å². The summed E-state index contributed by atoms with van der Waals surface area (Å²) in [4.78, 5) is 6.48. The van der Waals surface area contributed by atoms with Gasteiger partial charge in [0.05, 0.1) is 0 Å². The highest BCUT2D eigenvalue weighted by Gasteiger charge is 2.16. The quantitative estimate of drug-likeness (QED) is 0.468. The molecule has 0 bridgehead atoms. The fraction of sp³-hybridized carbons (Fsp3) is 0.571. The van der Waals surface area contributed by atoms with Gasteiger partial charge in [-0.3, -0.25) is 4.99 Å². The molecule has 2 aliphatic heterocycles. The molecule has 1 saturated heterocycles. The smallest absolute Gasteiger partial charge is 0.109 e. The minimum absolute atomic E-state index is 0.895. The predicted octanol–water partition coefficient (Wildman–Crippen LogP) is 1.01. The maximum atomic E-state index is 4.14. The van der Waals surface area contributed by atoms with Crippen LogP contribution in [0.15, 0.2) is 16.8 Å². The molecule has 0 radical (unpaired) electrons. The molecule has 0 atom stereocenters. The second-order valence-corrected chi connectivity index (χ2v) is 2.50. The van der Waals surface area contributed by atoms with Gasteiger partial charge < -0.3 is 4.90 Å². The van der Waals surface area contributed by atoms with E-state index < -0.39 is 0 Å². The van der Waals surface area contributed by atoms with Crippen LogP contribution in [0, 0.1) is 0 Å². The lowest BCUT2D eigenvalue weighted by molar-refractivity contribution is 0.404. The first-order valence-electron chi connectivity index (χ1n) is 3.41. The van der Waals surface area contributed by atoms with Gasteiger partial charge in [0.25, 0.3) is 0 Å². The van der Waals surface area contributed by atoms with E-state index in [1.54, 1.807) is 0 Å². The lowest BCUT2D eigenvalue weighted by atomic mass is 10.3. The normalized spacial score (nSPS) is 24.0. The van der Waals surface area contributed by atoms with E-state index in [0.717, 1.165) is 6.67 Å². The number of aliphatic imine (C=N–C) groups is 1. The monoisotopic (exact) mass is 122 g/mol. The zero-order valence-electron chi connectivity index (χ0n) is 5.38. The van der Waals surface area contributed by atoms with Crippen molar-refractivity contribution < 1.29 is 0 Å². The average Bonchev–Trinajstić information content (AvgIpc) is 2.33. The molecule has 0 aromatic heterocycles. The number of rotatable bonds is 0. The minimum atomic E-state index is 0.895. The number of allylic oxidation sites excluding steroid dienone is 2. The molecule has 1 fully saturated rings. The van der Waals surface area contributed by atoms with Gasteiger partial charge in [0.1, 0.15) is 6.67 Å². The summed E-state index contributed by atoms with van der Waals surface area (Å²) in [6.45, 7) is 2.11. The molecule has 48 valence electrons. The molecule has 0 amide bonds. The van der Waals surface area contributed by atoms with Crippen LogP contribution in [0.4, 0.5) is 0 Å². The Morgan fingerprint density at radius 2 is 2.56 bits per heavy atom. The fourth-order valence-electron chi connectivity index (χ4n) is 1.39. The molecular weight excluding hydrogens is 112 g/mol. The van der Waals surface area contributed by atoms with E-state index in [4.69, 9.17) is 0 Å². The lowest BCUT2D eigenvalue weighted by Crippen LogP contribution is -2.19. The second kappa shape index (κ2) is 1.87. The molecule has 2 aliphatic rings. The summed E-state index contributed by atoms with van der Waals surface area (Å²) >= 11 is 0. The van der Waals surface area contributed by atoms with Crippen LogP contribution < -0.4 is 0 Å². The molecule has 0 saturated carbocycles. The van der Waals surface area contributed by atoms with Crippen LogP contribution in [0.3, 0.4) is 0 Å². The Labute approximate surface area is 54.9 Å². The van der Waals surface area contributed by atoms with Crippen molar-refractivity contribution in [1.29, 1.82) is 0 Å². The van der Waals surface area contributed by atoms with Gasteiger partial charge in [0.2, 0.25) is 0 Å². The van der Waals surface area contributed by atoms with Gasteiger partial charge in [-0.25, -0.2) is 0 Å². The van der Waals surface area contributed by atoms with E-state index in [9.17, 15) is 0 Å². The topological polar surface area (TPSA) is 15.6 Å². The van der Waals surface area contributed by atoms with Crippen LogP contribution in [-0.2, 0) is 0 Å². The highest BCUT2D eigenvalue weighted by molar-refractivity contribution is 5.73. The molecule has 0 aromatic carbocycles. The van der Waals surface area contributed by atoms with Crippen molar-refractivity contribution in [2.75, 3.05) is 13.2 Å². The highest BCUT2D eigenvalue weighted by atomic mass is 15.2. The number of hydrogen-bond donors (Lipinski definition) is 0. The van der Waals surface area contributed by atoms with E-state index in [1.165, 1.54) is 25.1 Å². The molecule has 0 aliphatic carbocycles. The first-order valence-corrected chi connectivity index (χ1v) is 3.41. The first kappa shape index (κ1) is 5.03. The summed E-state index contributed by atoms with van der Waals surface area (Å²) < 4.78 is 0. The van der Waals surface area contributed by atoms with E-state index in [0.29, 0.717) is 0 Å². The number of hydrogen-bond acceptors (Lipinski definition) is 2. The van der Waals surface area contributed by atoms with Crippen molar-refractivity contribution in [3.05, 3.63) is 11.8 Å². The van der Waals surface area contributed by atoms with E-state index >= 15 is 0 Å². The van der Waals surface area contributed by atoms with E-state index in [2.05, 4.69) is 16.0 Å². The third-order valence-electron chi connectivity index (χ3n) is 1.89. The summed E-state index contributed by atoms with van der Waals surface area (Å²) in [6, 6.07) is 0. The van der Waals surface area contributed by atoms with Crippen LogP contribution in [-0.4, -0.2) is 24.3 Å². The maximum absolute atomic E-state index is 4.14. The van der Waals surface area contributed by atoms with E-state index in [-0.39, 0.29) is 0 Å². The van der Waals surface area contributed by atoms with Crippen LogP contribution >= 0.6 is 0 Å². The summed E-state index contributed by atoms with van der Waals surface area (Å²) in [5.74, 6) is 0. The third-order valence-corrected chi connectivity index (χ3v) is 1.89. The van der Waals surface area contributed by atoms with Gasteiger partial charge in [-0.2, -0.15) is 0 Å². The van der Waals surface area contributed by atoms with Gasteiger partial charge in [0.15, 0.2) is 0 Å². The predicted molar refractivity (Wildman–Crippen MR) is 37.4 cm³/mol. The molecule has 0 aromatic rings. The largest absolute Gasteiger partial charge is 0.356 e. The molecule has 2 heterocycles.